The molecule has 22 heavy (non-hydrogen) atoms. The van der Waals surface area contributed by atoms with Gasteiger partial charge in [-0.1, -0.05) is 23.4 Å². The number of hydrogen-bond donors (Lipinski definition) is 2. The monoisotopic (exact) mass is 300 g/mol. The number of para-hydroxylation sites is 1. The topological polar surface area (TPSA) is 80.1 Å². The number of benzene rings is 1. The number of hydrogen-bond acceptors (Lipinski definition) is 5. The zero-order valence-electron chi connectivity index (χ0n) is 12.6. The van der Waals surface area contributed by atoms with Crippen molar-refractivity contribution in [3.8, 4) is 0 Å². The maximum atomic E-state index is 12.0. The predicted octanol–water partition coefficient (Wildman–Crippen LogP) is 2.24. The first-order valence-electron chi connectivity index (χ1n) is 7.59. The first-order chi connectivity index (χ1) is 10.7. The van der Waals surface area contributed by atoms with Crippen LogP contribution in [0.25, 0.3) is 0 Å². The fraction of sp³-hybridized carbons (Fsp3) is 0.438. The molecule has 0 radical (unpaired) electrons. The van der Waals surface area contributed by atoms with Gasteiger partial charge in [-0.15, -0.1) is 0 Å². The molecule has 1 aromatic carbocycles. The molecule has 6 heteroatoms. The van der Waals surface area contributed by atoms with E-state index >= 15 is 0 Å². The van der Waals surface area contributed by atoms with E-state index in [2.05, 4.69) is 27.7 Å². The van der Waals surface area contributed by atoms with Crippen molar-refractivity contribution >= 4 is 11.6 Å². The van der Waals surface area contributed by atoms with Crippen LogP contribution in [-0.4, -0.2) is 22.6 Å². The van der Waals surface area contributed by atoms with Crippen LogP contribution in [0.4, 0.5) is 5.69 Å². The Hall–Kier alpha value is -2.21. The van der Waals surface area contributed by atoms with E-state index < -0.39 is 0 Å². The van der Waals surface area contributed by atoms with E-state index in [-0.39, 0.29) is 17.9 Å². The first kappa shape index (κ1) is 14.7. The standard InChI is InChI=1S/C16H20N4O2/c1-16(9-5-6-10-17-16)15-19-13(20-22-15)11-14(21)18-12-7-3-2-4-8-12/h2-4,7-8,17H,5-6,9-11H2,1H3,(H,18,21). The molecule has 0 saturated carbocycles. The Morgan fingerprint density at radius 3 is 2.91 bits per heavy atom. The van der Waals surface area contributed by atoms with Crippen molar-refractivity contribution in [1.82, 2.24) is 15.5 Å². The summed E-state index contributed by atoms with van der Waals surface area (Å²) in [5.74, 6) is 0.826. The number of amides is 1. The Kier molecular flexibility index (Phi) is 4.20. The molecule has 3 rings (SSSR count). The molecule has 1 aliphatic rings. The lowest BCUT2D eigenvalue weighted by molar-refractivity contribution is -0.115. The second-order valence-corrected chi connectivity index (χ2v) is 5.82. The van der Waals surface area contributed by atoms with Gasteiger partial charge >= 0.3 is 0 Å². The Labute approximate surface area is 129 Å². The smallest absolute Gasteiger partial charge is 0.246 e. The number of nitrogens with zero attached hydrogens (tertiary/aromatic N) is 2. The molecule has 1 aliphatic heterocycles. The zero-order valence-corrected chi connectivity index (χ0v) is 12.6. The van der Waals surface area contributed by atoms with Gasteiger partial charge in [0.25, 0.3) is 0 Å². The molecule has 1 fully saturated rings. The van der Waals surface area contributed by atoms with Crippen LogP contribution in [0.5, 0.6) is 0 Å². The lowest BCUT2D eigenvalue weighted by atomic mass is 9.91. The average molecular weight is 300 g/mol. The van der Waals surface area contributed by atoms with Gasteiger partial charge in [0.2, 0.25) is 11.8 Å². The van der Waals surface area contributed by atoms with E-state index in [1.807, 2.05) is 30.3 Å². The molecule has 116 valence electrons. The summed E-state index contributed by atoms with van der Waals surface area (Å²) >= 11 is 0. The molecule has 0 spiro atoms. The van der Waals surface area contributed by atoms with E-state index in [0.29, 0.717) is 11.7 Å². The molecule has 2 aromatic rings. The second-order valence-electron chi connectivity index (χ2n) is 5.82. The molecule has 0 aliphatic carbocycles. The van der Waals surface area contributed by atoms with Gasteiger partial charge in [-0.2, -0.15) is 4.98 Å². The van der Waals surface area contributed by atoms with Gasteiger partial charge < -0.3 is 15.2 Å². The summed E-state index contributed by atoms with van der Waals surface area (Å²) in [6.45, 7) is 3.01. The largest absolute Gasteiger partial charge is 0.337 e. The summed E-state index contributed by atoms with van der Waals surface area (Å²) in [6.07, 6.45) is 3.37. The summed E-state index contributed by atoms with van der Waals surface area (Å²) in [6, 6.07) is 9.33. The molecule has 1 aromatic heterocycles. The molecule has 2 N–H and O–H groups in total. The summed E-state index contributed by atoms with van der Waals surface area (Å²) in [5, 5.41) is 10.2. The summed E-state index contributed by atoms with van der Waals surface area (Å²) in [5.41, 5.74) is 0.483. The molecule has 6 nitrogen and oxygen atoms in total. The van der Waals surface area contributed by atoms with Crippen LogP contribution in [0.3, 0.4) is 0 Å². The van der Waals surface area contributed by atoms with Crippen molar-refractivity contribution in [3.63, 3.8) is 0 Å². The van der Waals surface area contributed by atoms with Crippen molar-refractivity contribution in [3.05, 3.63) is 42.0 Å². The lowest BCUT2D eigenvalue weighted by Crippen LogP contribution is -2.43. The summed E-state index contributed by atoms with van der Waals surface area (Å²) < 4.78 is 5.35. The van der Waals surface area contributed by atoms with Crippen LogP contribution in [0.2, 0.25) is 0 Å². The van der Waals surface area contributed by atoms with Crippen LogP contribution in [0, 0.1) is 0 Å². The van der Waals surface area contributed by atoms with Crippen molar-refractivity contribution in [1.29, 1.82) is 0 Å². The molecular weight excluding hydrogens is 280 g/mol. The van der Waals surface area contributed by atoms with E-state index in [0.717, 1.165) is 31.5 Å². The van der Waals surface area contributed by atoms with Crippen LogP contribution < -0.4 is 10.6 Å². The highest BCUT2D eigenvalue weighted by atomic mass is 16.5. The Morgan fingerprint density at radius 1 is 1.36 bits per heavy atom. The van der Waals surface area contributed by atoms with Gasteiger partial charge in [0.1, 0.15) is 0 Å². The van der Waals surface area contributed by atoms with Crippen molar-refractivity contribution < 1.29 is 9.32 Å². The number of carbonyl (C=O) groups excluding carboxylic acids is 1. The third-order valence-electron chi connectivity index (χ3n) is 3.94. The van der Waals surface area contributed by atoms with Crippen molar-refractivity contribution in [2.24, 2.45) is 0 Å². The third-order valence-corrected chi connectivity index (χ3v) is 3.94. The fourth-order valence-corrected chi connectivity index (χ4v) is 2.66. The molecule has 0 bridgehead atoms. The van der Waals surface area contributed by atoms with Crippen LogP contribution in [0.15, 0.2) is 34.9 Å². The lowest BCUT2D eigenvalue weighted by Gasteiger charge is -2.31. The second kappa shape index (κ2) is 6.27. The molecule has 1 saturated heterocycles. The highest BCUT2D eigenvalue weighted by molar-refractivity contribution is 5.91. The zero-order chi connectivity index (χ0) is 15.4. The van der Waals surface area contributed by atoms with Gasteiger partial charge in [-0.3, -0.25) is 4.79 Å². The van der Waals surface area contributed by atoms with Gasteiger partial charge in [-0.05, 0) is 44.9 Å². The average Bonchev–Trinajstić information content (AvgIpc) is 2.98. The minimum absolute atomic E-state index is 0.106. The number of aromatic nitrogens is 2. The highest BCUT2D eigenvalue weighted by Gasteiger charge is 2.34. The van der Waals surface area contributed by atoms with Gasteiger partial charge in [0, 0.05) is 5.69 Å². The minimum Gasteiger partial charge on any atom is -0.337 e. The summed E-state index contributed by atoms with van der Waals surface area (Å²) in [7, 11) is 0. The Balaban J connectivity index is 1.63. The van der Waals surface area contributed by atoms with Crippen LogP contribution in [-0.2, 0) is 16.8 Å². The number of rotatable bonds is 4. The molecule has 1 unspecified atom stereocenters. The number of piperidine rings is 1. The fourth-order valence-electron chi connectivity index (χ4n) is 2.66. The quantitative estimate of drug-likeness (QED) is 0.905. The van der Waals surface area contributed by atoms with Crippen LogP contribution >= 0.6 is 0 Å². The SMILES string of the molecule is CC1(c2nc(CC(=O)Nc3ccccc3)no2)CCCCN1. The normalized spacial score (nSPS) is 21.5. The third kappa shape index (κ3) is 3.33. The summed E-state index contributed by atoms with van der Waals surface area (Å²) in [4.78, 5) is 16.4. The highest BCUT2D eigenvalue weighted by Crippen LogP contribution is 2.28. The van der Waals surface area contributed by atoms with E-state index in [1.54, 1.807) is 0 Å². The molecule has 1 atom stereocenters. The van der Waals surface area contributed by atoms with Gasteiger partial charge in [0.15, 0.2) is 5.82 Å². The molecule has 1 amide bonds. The number of carbonyl (C=O) groups is 1. The maximum absolute atomic E-state index is 12.0. The predicted molar refractivity (Wildman–Crippen MR) is 82.3 cm³/mol. The van der Waals surface area contributed by atoms with Crippen molar-refractivity contribution in [2.45, 2.75) is 38.1 Å². The van der Waals surface area contributed by atoms with E-state index in [4.69, 9.17) is 4.52 Å². The van der Waals surface area contributed by atoms with Crippen LogP contribution in [0.1, 0.15) is 37.9 Å². The van der Waals surface area contributed by atoms with Gasteiger partial charge in [-0.25, -0.2) is 0 Å². The maximum Gasteiger partial charge on any atom is 0.246 e. The van der Waals surface area contributed by atoms with E-state index in [9.17, 15) is 4.79 Å². The molecular formula is C16H20N4O2. The van der Waals surface area contributed by atoms with E-state index in [1.165, 1.54) is 0 Å². The Bertz CT molecular complexity index is 633. The minimum atomic E-state index is -0.278. The van der Waals surface area contributed by atoms with Crippen molar-refractivity contribution in [2.75, 3.05) is 11.9 Å². The molecule has 2 heterocycles. The Morgan fingerprint density at radius 2 is 2.18 bits per heavy atom. The number of anilines is 1. The first-order valence-corrected chi connectivity index (χ1v) is 7.59. The van der Waals surface area contributed by atoms with Gasteiger partial charge in [0.05, 0.1) is 12.0 Å². The number of nitrogens with one attached hydrogen (secondary N) is 2.